The van der Waals surface area contributed by atoms with Gasteiger partial charge in [0.25, 0.3) is 0 Å². The van der Waals surface area contributed by atoms with Crippen LogP contribution in [0.1, 0.15) is 29.5 Å². The number of amides is 1. The van der Waals surface area contributed by atoms with Gasteiger partial charge in [0, 0.05) is 30.0 Å². The van der Waals surface area contributed by atoms with Crippen molar-refractivity contribution in [2.45, 2.75) is 18.4 Å². The van der Waals surface area contributed by atoms with Crippen LogP contribution in [0.4, 0.5) is 8.78 Å². The third kappa shape index (κ3) is 3.40. The van der Waals surface area contributed by atoms with Gasteiger partial charge in [-0.05, 0) is 24.1 Å². The van der Waals surface area contributed by atoms with Crippen LogP contribution in [0.25, 0.3) is 0 Å². The minimum absolute atomic E-state index is 0.0139. The molecule has 0 aromatic heterocycles. The van der Waals surface area contributed by atoms with Crippen molar-refractivity contribution in [3.8, 4) is 0 Å². The maximum Gasteiger partial charge on any atom is 0.223 e. The lowest BCUT2D eigenvalue weighted by molar-refractivity contribution is -0.122. The van der Waals surface area contributed by atoms with Crippen LogP contribution in [0.3, 0.4) is 0 Å². The Morgan fingerprint density at radius 3 is 2.43 bits per heavy atom. The highest BCUT2D eigenvalue weighted by atomic mass is 19.1. The molecule has 0 radical (unpaired) electrons. The molecule has 3 rings (SSSR count). The first kappa shape index (κ1) is 15.6. The first-order valence-electron chi connectivity index (χ1n) is 7.60. The number of nitrogens with one attached hydrogen (secondary N) is 1. The van der Waals surface area contributed by atoms with Crippen molar-refractivity contribution in [2.24, 2.45) is 11.7 Å². The highest BCUT2D eigenvalue weighted by molar-refractivity contribution is 5.83. The maximum absolute atomic E-state index is 13.7. The minimum atomic E-state index is -0.591. The first-order chi connectivity index (χ1) is 11.1. The average Bonchev–Trinajstić information content (AvgIpc) is 3.33. The van der Waals surface area contributed by atoms with E-state index in [2.05, 4.69) is 5.32 Å². The molecule has 23 heavy (non-hydrogen) atoms. The molecule has 1 amide bonds. The Bertz CT molecular complexity index is 685. The number of halogens is 2. The molecule has 1 aliphatic rings. The van der Waals surface area contributed by atoms with Gasteiger partial charge in [0.15, 0.2) is 0 Å². The van der Waals surface area contributed by atoms with Crippen molar-refractivity contribution < 1.29 is 13.6 Å². The molecule has 3 atom stereocenters. The molecule has 0 heterocycles. The number of hydrogen-bond donors (Lipinski definition) is 2. The normalized spacial score (nSPS) is 20.8. The van der Waals surface area contributed by atoms with E-state index < -0.39 is 11.6 Å². The SMILES string of the molecule is NC(CNC(=O)C1CC1c1c(F)cccc1F)c1ccccc1. The van der Waals surface area contributed by atoms with Gasteiger partial charge < -0.3 is 11.1 Å². The van der Waals surface area contributed by atoms with Crippen molar-refractivity contribution in [1.82, 2.24) is 5.32 Å². The van der Waals surface area contributed by atoms with Crippen LogP contribution in [0, 0.1) is 17.6 Å². The second kappa shape index (κ2) is 6.46. The number of benzene rings is 2. The van der Waals surface area contributed by atoms with E-state index in [9.17, 15) is 13.6 Å². The smallest absolute Gasteiger partial charge is 0.223 e. The van der Waals surface area contributed by atoms with Crippen LogP contribution >= 0.6 is 0 Å². The zero-order valence-corrected chi connectivity index (χ0v) is 12.5. The molecule has 5 heteroatoms. The van der Waals surface area contributed by atoms with Gasteiger partial charge in [-0.25, -0.2) is 8.78 Å². The number of rotatable bonds is 5. The Morgan fingerprint density at radius 2 is 1.78 bits per heavy atom. The Kier molecular flexibility index (Phi) is 4.39. The predicted molar refractivity (Wildman–Crippen MR) is 83.6 cm³/mol. The van der Waals surface area contributed by atoms with Gasteiger partial charge in [0.1, 0.15) is 11.6 Å². The summed E-state index contributed by atoms with van der Waals surface area (Å²) in [5.41, 5.74) is 6.97. The zero-order chi connectivity index (χ0) is 16.4. The highest BCUT2D eigenvalue weighted by Crippen LogP contribution is 2.49. The molecule has 1 aliphatic carbocycles. The molecular formula is C18H18F2N2O. The summed E-state index contributed by atoms with van der Waals surface area (Å²) < 4.78 is 27.4. The van der Waals surface area contributed by atoms with E-state index in [0.717, 1.165) is 5.56 Å². The molecule has 1 saturated carbocycles. The molecule has 3 N–H and O–H groups in total. The average molecular weight is 316 g/mol. The van der Waals surface area contributed by atoms with Crippen molar-refractivity contribution in [2.75, 3.05) is 6.54 Å². The molecule has 2 aromatic rings. The van der Waals surface area contributed by atoms with E-state index in [1.807, 2.05) is 30.3 Å². The number of carbonyl (C=O) groups excluding carboxylic acids is 1. The predicted octanol–water partition coefficient (Wildman–Crippen LogP) is 2.88. The van der Waals surface area contributed by atoms with Gasteiger partial charge in [-0.3, -0.25) is 4.79 Å². The van der Waals surface area contributed by atoms with Crippen LogP contribution in [0.5, 0.6) is 0 Å². The van der Waals surface area contributed by atoms with Crippen LogP contribution in [0.2, 0.25) is 0 Å². The Labute approximate surface area is 133 Å². The van der Waals surface area contributed by atoms with Crippen LogP contribution in [-0.2, 0) is 4.79 Å². The summed E-state index contributed by atoms with van der Waals surface area (Å²) >= 11 is 0. The quantitative estimate of drug-likeness (QED) is 0.891. The maximum atomic E-state index is 13.7. The van der Waals surface area contributed by atoms with Gasteiger partial charge in [-0.15, -0.1) is 0 Å². The fraction of sp³-hybridized carbons (Fsp3) is 0.278. The highest BCUT2D eigenvalue weighted by Gasteiger charge is 2.46. The molecule has 2 aromatic carbocycles. The van der Waals surface area contributed by atoms with Crippen LogP contribution in [-0.4, -0.2) is 12.5 Å². The van der Waals surface area contributed by atoms with Gasteiger partial charge in [-0.2, -0.15) is 0 Å². The standard InChI is InChI=1S/C18H18F2N2O/c19-14-7-4-8-15(20)17(14)12-9-13(12)18(23)22-10-16(21)11-5-2-1-3-6-11/h1-8,12-13,16H,9-10,21H2,(H,22,23). The number of carbonyl (C=O) groups is 1. The van der Waals surface area contributed by atoms with Crippen molar-refractivity contribution in [3.63, 3.8) is 0 Å². The molecule has 3 unspecified atom stereocenters. The molecule has 0 saturated heterocycles. The van der Waals surface area contributed by atoms with E-state index in [0.29, 0.717) is 13.0 Å². The van der Waals surface area contributed by atoms with Crippen molar-refractivity contribution in [3.05, 3.63) is 71.3 Å². The lowest BCUT2D eigenvalue weighted by Gasteiger charge is -2.13. The second-order valence-electron chi connectivity index (χ2n) is 5.85. The largest absolute Gasteiger partial charge is 0.354 e. The lowest BCUT2D eigenvalue weighted by Crippen LogP contribution is -2.33. The summed E-state index contributed by atoms with van der Waals surface area (Å²) in [6, 6.07) is 12.9. The fourth-order valence-corrected chi connectivity index (χ4v) is 2.83. The minimum Gasteiger partial charge on any atom is -0.354 e. The van der Waals surface area contributed by atoms with E-state index in [4.69, 9.17) is 5.73 Å². The Balaban J connectivity index is 1.57. The van der Waals surface area contributed by atoms with Gasteiger partial charge in [0.05, 0.1) is 0 Å². The van der Waals surface area contributed by atoms with E-state index in [1.165, 1.54) is 18.2 Å². The number of hydrogen-bond acceptors (Lipinski definition) is 2. The third-order valence-electron chi connectivity index (χ3n) is 4.22. The summed E-state index contributed by atoms with van der Waals surface area (Å²) in [7, 11) is 0. The second-order valence-corrected chi connectivity index (χ2v) is 5.85. The molecule has 0 aliphatic heterocycles. The van der Waals surface area contributed by atoms with Crippen molar-refractivity contribution in [1.29, 1.82) is 0 Å². The van der Waals surface area contributed by atoms with E-state index >= 15 is 0 Å². The topological polar surface area (TPSA) is 55.1 Å². The van der Waals surface area contributed by atoms with E-state index in [1.54, 1.807) is 0 Å². The van der Waals surface area contributed by atoms with Gasteiger partial charge in [0.2, 0.25) is 5.91 Å². The summed E-state index contributed by atoms with van der Waals surface area (Å²) in [6.45, 7) is 0.297. The zero-order valence-electron chi connectivity index (χ0n) is 12.5. The molecule has 0 bridgehead atoms. The fourth-order valence-electron chi connectivity index (χ4n) is 2.83. The summed E-state index contributed by atoms with van der Waals surface area (Å²) in [5, 5.41) is 2.77. The lowest BCUT2D eigenvalue weighted by atomic mass is 10.1. The van der Waals surface area contributed by atoms with Crippen LogP contribution in [0.15, 0.2) is 48.5 Å². The first-order valence-corrected chi connectivity index (χ1v) is 7.60. The molecule has 3 nitrogen and oxygen atoms in total. The Hall–Kier alpha value is -2.27. The molecule has 0 spiro atoms. The van der Waals surface area contributed by atoms with Crippen molar-refractivity contribution >= 4 is 5.91 Å². The summed E-state index contributed by atoms with van der Waals surface area (Å²) in [4.78, 5) is 12.1. The molecular weight excluding hydrogens is 298 g/mol. The summed E-state index contributed by atoms with van der Waals surface area (Å²) in [5.74, 6) is -2.16. The van der Waals surface area contributed by atoms with Gasteiger partial charge >= 0.3 is 0 Å². The van der Waals surface area contributed by atoms with E-state index in [-0.39, 0.29) is 29.3 Å². The third-order valence-corrected chi connectivity index (χ3v) is 4.22. The molecule has 1 fully saturated rings. The van der Waals surface area contributed by atoms with Crippen LogP contribution < -0.4 is 11.1 Å². The number of nitrogens with two attached hydrogens (primary N) is 1. The molecule has 120 valence electrons. The Morgan fingerprint density at radius 1 is 1.13 bits per heavy atom. The monoisotopic (exact) mass is 316 g/mol. The van der Waals surface area contributed by atoms with Gasteiger partial charge in [-0.1, -0.05) is 36.4 Å². The summed E-state index contributed by atoms with van der Waals surface area (Å²) in [6.07, 6.45) is 0.463.